The minimum Gasteiger partial charge on any atom is -0.349 e. The van der Waals surface area contributed by atoms with Gasteiger partial charge < -0.3 is 15.1 Å². The zero-order valence-corrected chi connectivity index (χ0v) is 22.4. The molecule has 37 heavy (non-hydrogen) atoms. The third kappa shape index (κ3) is 6.07. The number of hydrogen-bond donors (Lipinski definition) is 1. The van der Waals surface area contributed by atoms with E-state index in [0.29, 0.717) is 11.4 Å². The number of sulfone groups is 1. The monoisotopic (exact) mass is 523 g/mol. The number of rotatable bonds is 9. The summed E-state index contributed by atoms with van der Waals surface area (Å²) in [5.74, 6) is 0.599. The van der Waals surface area contributed by atoms with Gasteiger partial charge in [0.1, 0.15) is 0 Å². The third-order valence-corrected chi connectivity index (χ3v) is 9.47. The lowest BCUT2D eigenvalue weighted by atomic mass is 9.77. The fourth-order valence-corrected chi connectivity index (χ4v) is 6.36. The van der Waals surface area contributed by atoms with Crippen LogP contribution in [-0.2, 0) is 26.0 Å². The van der Waals surface area contributed by atoms with Gasteiger partial charge in [-0.3, -0.25) is 9.59 Å². The Morgan fingerprint density at radius 1 is 1.00 bits per heavy atom. The van der Waals surface area contributed by atoms with Crippen molar-refractivity contribution in [2.24, 2.45) is 11.3 Å². The van der Waals surface area contributed by atoms with Crippen LogP contribution in [0.1, 0.15) is 55.7 Å². The number of likely N-dealkylation sites (tertiary alicyclic amines) is 2. The standard InChI is InChI=1S/C29H37N3O4S/c1-37(35,36)25-11-7-22(8-12-25)21-32-20-16-29(28(32)34)14-18-31(19-15-29)17-13-26(23-5-3-2-4-6-23)30-27(33)24-9-10-24/h2-8,11-12,24,26H,9-10,13-21H2,1H3,(H,30,33). The molecule has 1 unspecified atom stereocenters. The number of hydrogen-bond acceptors (Lipinski definition) is 5. The molecule has 2 heterocycles. The average Bonchev–Trinajstić information content (AvgIpc) is 3.71. The molecule has 2 amide bonds. The number of carbonyl (C=O) groups excluding carboxylic acids is 2. The van der Waals surface area contributed by atoms with Crippen LogP contribution in [0.15, 0.2) is 59.5 Å². The first kappa shape index (κ1) is 25.9. The van der Waals surface area contributed by atoms with Crippen molar-refractivity contribution in [2.75, 3.05) is 32.4 Å². The number of piperidine rings is 1. The molecule has 0 aromatic heterocycles. The molecule has 2 aromatic carbocycles. The van der Waals surface area contributed by atoms with Crippen LogP contribution in [0, 0.1) is 11.3 Å². The van der Waals surface area contributed by atoms with Gasteiger partial charge in [0.2, 0.25) is 11.8 Å². The zero-order chi connectivity index (χ0) is 26.0. The lowest BCUT2D eigenvalue weighted by Crippen LogP contribution is -2.45. The molecular weight excluding hydrogens is 486 g/mol. The maximum Gasteiger partial charge on any atom is 0.229 e. The first-order chi connectivity index (χ1) is 17.7. The van der Waals surface area contributed by atoms with Gasteiger partial charge in [-0.05, 0) is 74.9 Å². The van der Waals surface area contributed by atoms with Crippen molar-refractivity contribution in [1.29, 1.82) is 0 Å². The van der Waals surface area contributed by atoms with Crippen LogP contribution in [0.3, 0.4) is 0 Å². The van der Waals surface area contributed by atoms with Crippen molar-refractivity contribution < 1.29 is 18.0 Å². The highest BCUT2D eigenvalue weighted by Crippen LogP contribution is 2.42. The first-order valence-electron chi connectivity index (χ1n) is 13.4. The Hall–Kier alpha value is -2.71. The Balaban J connectivity index is 1.14. The second-order valence-corrected chi connectivity index (χ2v) is 13.1. The second-order valence-electron chi connectivity index (χ2n) is 11.0. The first-order valence-corrected chi connectivity index (χ1v) is 15.3. The van der Waals surface area contributed by atoms with E-state index in [9.17, 15) is 18.0 Å². The van der Waals surface area contributed by atoms with Crippen molar-refractivity contribution in [1.82, 2.24) is 15.1 Å². The topological polar surface area (TPSA) is 86.8 Å². The normalized spacial score (nSPS) is 20.8. The summed E-state index contributed by atoms with van der Waals surface area (Å²) in [6.07, 6.45) is 6.66. The number of nitrogens with one attached hydrogen (secondary N) is 1. The fraction of sp³-hybridized carbons (Fsp3) is 0.517. The van der Waals surface area contributed by atoms with Gasteiger partial charge in [-0.2, -0.15) is 0 Å². The summed E-state index contributed by atoms with van der Waals surface area (Å²) in [4.78, 5) is 30.6. The largest absolute Gasteiger partial charge is 0.349 e. The van der Waals surface area contributed by atoms with Gasteiger partial charge in [-0.15, -0.1) is 0 Å². The Bertz CT molecular complexity index is 1220. The van der Waals surface area contributed by atoms with Crippen molar-refractivity contribution in [3.8, 4) is 0 Å². The van der Waals surface area contributed by atoms with Gasteiger partial charge in [0.15, 0.2) is 9.84 Å². The molecule has 2 aromatic rings. The minimum atomic E-state index is -3.22. The lowest BCUT2D eigenvalue weighted by molar-refractivity contribution is -0.139. The van der Waals surface area contributed by atoms with E-state index >= 15 is 0 Å². The van der Waals surface area contributed by atoms with E-state index in [4.69, 9.17) is 0 Å². The molecule has 8 heteroatoms. The predicted molar refractivity (Wildman–Crippen MR) is 142 cm³/mol. The van der Waals surface area contributed by atoms with E-state index in [-0.39, 0.29) is 29.2 Å². The van der Waals surface area contributed by atoms with Crippen molar-refractivity contribution in [3.05, 3.63) is 65.7 Å². The van der Waals surface area contributed by atoms with Crippen LogP contribution >= 0.6 is 0 Å². The lowest BCUT2D eigenvalue weighted by Gasteiger charge is -2.38. The SMILES string of the molecule is CS(=O)(=O)c1ccc(CN2CCC3(CCN(CCC(NC(=O)C4CC4)c4ccccc4)CC3)C2=O)cc1. The predicted octanol–water partition coefficient (Wildman–Crippen LogP) is 3.56. The van der Waals surface area contributed by atoms with Gasteiger partial charge >= 0.3 is 0 Å². The molecular formula is C29H37N3O4S. The van der Waals surface area contributed by atoms with Crippen LogP contribution in [0.2, 0.25) is 0 Å². The van der Waals surface area contributed by atoms with Crippen molar-refractivity contribution >= 4 is 21.7 Å². The summed E-state index contributed by atoms with van der Waals surface area (Å²) in [6.45, 7) is 3.94. The van der Waals surface area contributed by atoms with E-state index in [1.54, 1.807) is 12.1 Å². The Labute approximate surface area is 220 Å². The number of nitrogens with zero attached hydrogens (tertiary/aromatic N) is 2. The molecule has 0 radical (unpaired) electrons. The highest BCUT2D eigenvalue weighted by molar-refractivity contribution is 7.90. The molecule has 1 N–H and O–H groups in total. The molecule has 1 saturated carbocycles. The summed E-state index contributed by atoms with van der Waals surface area (Å²) < 4.78 is 23.4. The van der Waals surface area contributed by atoms with E-state index in [2.05, 4.69) is 22.3 Å². The van der Waals surface area contributed by atoms with E-state index in [1.807, 2.05) is 35.2 Å². The molecule has 2 aliphatic heterocycles. The van der Waals surface area contributed by atoms with E-state index in [1.165, 1.54) is 6.26 Å². The van der Waals surface area contributed by atoms with Gasteiger partial charge in [0.05, 0.1) is 16.4 Å². The Kier molecular flexibility index (Phi) is 7.41. The Morgan fingerprint density at radius 3 is 2.27 bits per heavy atom. The quantitative estimate of drug-likeness (QED) is 0.543. The fourth-order valence-electron chi connectivity index (χ4n) is 5.73. The molecule has 1 atom stereocenters. The van der Waals surface area contributed by atoms with E-state index in [0.717, 1.165) is 75.8 Å². The summed E-state index contributed by atoms with van der Waals surface area (Å²) in [5, 5.41) is 3.27. The van der Waals surface area contributed by atoms with Crippen molar-refractivity contribution in [2.45, 2.75) is 56.0 Å². The maximum absolute atomic E-state index is 13.4. The highest BCUT2D eigenvalue weighted by atomic mass is 32.2. The molecule has 1 spiro atoms. The number of amides is 2. The molecule has 5 rings (SSSR count). The Morgan fingerprint density at radius 2 is 1.65 bits per heavy atom. The molecule has 0 bridgehead atoms. The van der Waals surface area contributed by atoms with Gasteiger partial charge in [-0.1, -0.05) is 42.5 Å². The smallest absolute Gasteiger partial charge is 0.229 e. The highest BCUT2D eigenvalue weighted by Gasteiger charge is 2.47. The second kappa shape index (κ2) is 10.6. The van der Waals surface area contributed by atoms with Crippen LogP contribution in [0.5, 0.6) is 0 Å². The third-order valence-electron chi connectivity index (χ3n) is 8.34. The van der Waals surface area contributed by atoms with Gasteiger partial charge in [0.25, 0.3) is 0 Å². The summed E-state index contributed by atoms with van der Waals surface area (Å²) >= 11 is 0. The maximum atomic E-state index is 13.4. The van der Waals surface area contributed by atoms with Gasteiger partial charge in [0, 0.05) is 31.8 Å². The summed E-state index contributed by atoms with van der Waals surface area (Å²) in [6, 6.07) is 17.1. The van der Waals surface area contributed by atoms with Crippen molar-refractivity contribution in [3.63, 3.8) is 0 Å². The average molecular weight is 524 g/mol. The molecule has 3 aliphatic rings. The van der Waals surface area contributed by atoms with Crippen LogP contribution in [0.4, 0.5) is 0 Å². The molecule has 1 aliphatic carbocycles. The minimum absolute atomic E-state index is 0.0166. The molecule has 7 nitrogen and oxygen atoms in total. The summed E-state index contributed by atoms with van der Waals surface area (Å²) in [7, 11) is -3.22. The number of benzene rings is 2. The number of carbonyl (C=O) groups is 2. The summed E-state index contributed by atoms with van der Waals surface area (Å²) in [5.41, 5.74) is 1.83. The van der Waals surface area contributed by atoms with Crippen LogP contribution in [-0.4, -0.2) is 62.5 Å². The molecule has 198 valence electrons. The van der Waals surface area contributed by atoms with E-state index < -0.39 is 9.84 Å². The molecule has 2 saturated heterocycles. The van der Waals surface area contributed by atoms with Crippen LogP contribution in [0.25, 0.3) is 0 Å². The van der Waals surface area contributed by atoms with Crippen LogP contribution < -0.4 is 5.32 Å². The molecule has 3 fully saturated rings. The van der Waals surface area contributed by atoms with Gasteiger partial charge in [-0.25, -0.2) is 8.42 Å². The zero-order valence-electron chi connectivity index (χ0n) is 21.6.